The lowest BCUT2D eigenvalue weighted by Crippen LogP contribution is -2.33. The molecule has 2 aliphatic carbocycles. The Bertz CT molecular complexity index is 324. The lowest BCUT2D eigenvalue weighted by Gasteiger charge is -2.21. The van der Waals surface area contributed by atoms with Crippen molar-refractivity contribution in [1.29, 1.82) is 0 Å². The maximum Gasteiger partial charge on any atom is 0.173 e. The molecule has 2 aliphatic rings. The minimum atomic E-state index is -0.621. The third-order valence-corrected chi connectivity index (χ3v) is 3.33. The highest BCUT2D eigenvalue weighted by molar-refractivity contribution is 6.27. The highest BCUT2D eigenvalue weighted by Gasteiger charge is 2.57. The van der Waals surface area contributed by atoms with Crippen LogP contribution in [0.15, 0.2) is 11.1 Å². The van der Waals surface area contributed by atoms with Gasteiger partial charge in [-0.2, -0.15) is 0 Å². The lowest BCUT2D eigenvalue weighted by molar-refractivity contribution is -0.133. The van der Waals surface area contributed by atoms with E-state index in [1.807, 2.05) is 6.92 Å². The molecule has 1 fully saturated rings. The van der Waals surface area contributed by atoms with E-state index in [4.69, 9.17) is 11.6 Å². The summed E-state index contributed by atoms with van der Waals surface area (Å²) in [5, 5.41) is 0. The Kier molecular flexibility index (Phi) is 1.84. The molecule has 1 saturated carbocycles. The molecule has 0 aromatic heterocycles. The molecule has 0 bridgehead atoms. The van der Waals surface area contributed by atoms with Crippen LogP contribution in [0.2, 0.25) is 0 Å². The smallest absolute Gasteiger partial charge is 0.173 e. The van der Waals surface area contributed by atoms with Gasteiger partial charge in [-0.15, -0.1) is 11.6 Å². The number of halogens is 1. The Morgan fingerprint density at radius 1 is 1.38 bits per heavy atom. The molecule has 0 aromatic carbocycles. The number of ketones is 2. The minimum Gasteiger partial charge on any atom is -0.298 e. The van der Waals surface area contributed by atoms with Crippen LogP contribution < -0.4 is 0 Å². The van der Waals surface area contributed by atoms with Gasteiger partial charge in [-0.1, -0.05) is 5.57 Å². The molecule has 0 saturated heterocycles. The van der Waals surface area contributed by atoms with Crippen molar-refractivity contribution < 1.29 is 9.59 Å². The highest BCUT2D eigenvalue weighted by atomic mass is 35.5. The predicted molar refractivity (Wildman–Crippen MR) is 49.7 cm³/mol. The fourth-order valence-corrected chi connectivity index (χ4v) is 2.28. The Morgan fingerprint density at radius 3 is 2.46 bits per heavy atom. The van der Waals surface area contributed by atoms with Crippen LogP contribution in [0.3, 0.4) is 0 Å². The molecule has 13 heavy (non-hydrogen) atoms. The van der Waals surface area contributed by atoms with Gasteiger partial charge in [-0.05, 0) is 19.8 Å². The summed E-state index contributed by atoms with van der Waals surface area (Å²) >= 11 is 5.68. The molecule has 0 aliphatic heterocycles. The molecule has 0 heterocycles. The molecule has 70 valence electrons. The van der Waals surface area contributed by atoms with E-state index in [1.54, 1.807) is 0 Å². The maximum absolute atomic E-state index is 11.8. The number of rotatable bonds is 1. The predicted octanol–water partition coefficient (Wildman–Crippen LogP) is 1.86. The number of hydrogen-bond donors (Lipinski definition) is 0. The molecule has 0 radical (unpaired) electrons. The summed E-state index contributed by atoms with van der Waals surface area (Å²) in [4.78, 5) is 23.4. The zero-order valence-corrected chi connectivity index (χ0v) is 8.28. The van der Waals surface area contributed by atoms with E-state index in [0.29, 0.717) is 12.0 Å². The van der Waals surface area contributed by atoms with Gasteiger partial charge >= 0.3 is 0 Å². The number of carbonyl (C=O) groups excluding carboxylic acids is 2. The van der Waals surface area contributed by atoms with Gasteiger partial charge in [0.25, 0.3) is 0 Å². The normalized spacial score (nSPS) is 25.7. The van der Waals surface area contributed by atoms with Crippen molar-refractivity contribution in [3.05, 3.63) is 11.1 Å². The van der Waals surface area contributed by atoms with Crippen LogP contribution >= 0.6 is 11.6 Å². The van der Waals surface area contributed by atoms with Crippen molar-refractivity contribution in [2.45, 2.75) is 26.2 Å². The van der Waals surface area contributed by atoms with E-state index < -0.39 is 5.41 Å². The summed E-state index contributed by atoms with van der Waals surface area (Å²) in [6.45, 7) is 1.82. The monoisotopic (exact) mass is 198 g/mol. The first-order valence-electron chi connectivity index (χ1n) is 4.44. The Labute approximate surface area is 81.9 Å². The van der Waals surface area contributed by atoms with E-state index in [2.05, 4.69) is 0 Å². The highest BCUT2D eigenvalue weighted by Crippen LogP contribution is 2.52. The van der Waals surface area contributed by atoms with Crippen LogP contribution in [0.5, 0.6) is 0 Å². The summed E-state index contributed by atoms with van der Waals surface area (Å²) in [5.74, 6) is 0.347. The van der Waals surface area contributed by atoms with Crippen molar-refractivity contribution in [2.24, 2.45) is 5.41 Å². The first-order valence-corrected chi connectivity index (χ1v) is 4.98. The average molecular weight is 199 g/mol. The van der Waals surface area contributed by atoms with Gasteiger partial charge in [0.05, 0.1) is 11.3 Å². The number of carbonyl (C=O) groups is 2. The molecule has 1 spiro atoms. The fraction of sp³-hybridized carbons (Fsp3) is 0.600. The van der Waals surface area contributed by atoms with Crippen molar-refractivity contribution in [1.82, 2.24) is 0 Å². The largest absolute Gasteiger partial charge is 0.298 e. The zero-order valence-electron chi connectivity index (χ0n) is 7.52. The zero-order chi connectivity index (χ0) is 9.64. The second-order valence-electron chi connectivity index (χ2n) is 3.90. The van der Waals surface area contributed by atoms with Gasteiger partial charge in [0.2, 0.25) is 0 Å². The SMILES string of the molecule is CC1=C(CCl)C(=O)C2(CC2)C(=O)C1. The number of hydrogen-bond acceptors (Lipinski definition) is 2. The minimum absolute atomic E-state index is 0.00347. The van der Waals surface area contributed by atoms with Crippen molar-refractivity contribution in [3.8, 4) is 0 Å². The van der Waals surface area contributed by atoms with Crippen LogP contribution in [-0.4, -0.2) is 17.4 Å². The van der Waals surface area contributed by atoms with Gasteiger partial charge in [-0.25, -0.2) is 0 Å². The van der Waals surface area contributed by atoms with Gasteiger partial charge < -0.3 is 0 Å². The van der Waals surface area contributed by atoms with Crippen LogP contribution in [0.4, 0.5) is 0 Å². The van der Waals surface area contributed by atoms with Gasteiger partial charge in [0, 0.05) is 12.0 Å². The second kappa shape index (κ2) is 2.68. The number of alkyl halides is 1. The van der Waals surface area contributed by atoms with Crippen molar-refractivity contribution in [3.63, 3.8) is 0 Å². The van der Waals surface area contributed by atoms with Crippen LogP contribution in [0.1, 0.15) is 26.2 Å². The standard InChI is InChI=1S/C10H11ClO2/c1-6-4-8(12)10(2-3-10)9(13)7(6)5-11/h2-5H2,1H3. The summed E-state index contributed by atoms with van der Waals surface area (Å²) in [5.41, 5.74) is 0.922. The summed E-state index contributed by atoms with van der Waals surface area (Å²) in [6, 6.07) is 0. The molecule has 2 rings (SSSR count). The van der Waals surface area contributed by atoms with Crippen molar-refractivity contribution in [2.75, 3.05) is 5.88 Å². The van der Waals surface area contributed by atoms with Gasteiger partial charge in [0.15, 0.2) is 11.6 Å². The molecule has 0 unspecified atom stereocenters. The van der Waals surface area contributed by atoms with Crippen molar-refractivity contribution >= 4 is 23.2 Å². The van der Waals surface area contributed by atoms with E-state index in [9.17, 15) is 9.59 Å². The Morgan fingerprint density at radius 2 is 2.00 bits per heavy atom. The second-order valence-corrected chi connectivity index (χ2v) is 4.17. The Hall–Kier alpha value is -0.630. The third kappa shape index (κ3) is 1.08. The van der Waals surface area contributed by atoms with Crippen LogP contribution in [-0.2, 0) is 9.59 Å². The number of allylic oxidation sites excluding steroid dienone is 2. The summed E-state index contributed by atoms with van der Waals surface area (Å²) < 4.78 is 0. The molecule has 0 amide bonds. The van der Waals surface area contributed by atoms with E-state index in [1.165, 1.54) is 0 Å². The quantitative estimate of drug-likeness (QED) is 0.476. The number of Topliss-reactive ketones (excluding diaryl/α,β-unsaturated/α-hetero) is 2. The summed E-state index contributed by atoms with van der Waals surface area (Å²) in [7, 11) is 0. The van der Waals surface area contributed by atoms with Gasteiger partial charge in [0.1, 0.15) is 0 Å². The topological polar surface area (TPSA) is 34.1 Å². The maximum atomic E-state index is 11.8. The van der Waals surface area contributed by atoms with Gasteiger partial charge in [-0.3, -0.25) is 9.59 Å². The van der Waals surface area contributed by atoms with E-state index >= 15 is 0 Å². The van der Waals surface area contributed by atoms with Crippen LogP contribution in [0.25, 0.3) is 0 Å². The van der Waals surface area contributed by atoms with E-state index in [0.717, 1.165) is 18.4 Å². The summed E-state index contributed by atoms with van der Waals surface area (Å²) in [6.07, 6.45) is 1.89. The molecule has 3 heteroatoms. The molecule has 0 aromatic rings. The molecule has 0 atom stereocenters. The van der Waals surface area contributed by atoms with E-state index in [-0.39, 0.29) is 17.4 Å². The van der Waals surface area contributed by atoms with Crippen LogP contribution in [0, 0.1) is 5.41 Å². The fourth-order valence-electron chi connectivity index (χ4n) is 1.93. The molecular formula is C10H11ClO2. The lowest BCUT2D eigenvalue weighted by atomic mass is 9.80. The molecular weight excluding hydrogens is 188 g/mol. The molecule has 0 N–H and O–H groups in total. The third-order valence-electron chi connectivity index (χ3n) is 3.07. The first-order chi connectivity index (χ1) is 6.12. The average Bonchev–Trinajstić information content (AvgIpc) is 2.83. The first kappa shape index (κ1) is 8.95. The Balaban J connectivity index is 2.43. The molecule has 2 nitrogen and oxygen atoms in total.